The van der Waals surface area contributed by atoms with Crippen LogP contribution in [0.5, 0.6) is 17.2 Å². The van der Waals surface area contributed by atoms with E-state index in [1.165, 1.54) is 0 Å². The first-order valence-electron chi connectivity index (χ1n) is 5.12. The Kier molecular flexibility index (Phi) is 1.80. The van der Waals surface area contributed by atoms with Crippen LogP contribution in [-0.4, -0.2) is 5.11 Å². The molecule has 0 fully saturated rings. The number of phenolic OH excluding ortho intramolecular Hbond substituents is 1. The van der Waals surface area contributed by atoms with Gasteiger partial charge < -0.3 is 15.6 Å². The number of ether oxygens (including phenoxy) is 1. The number of hydrogen-bond acceptors (Lipinski definition) is 3. The summed E-state index contributed by atoms with van der Waals surface area (Å²) in [6.07, 6.45) is 0.700. The first-order chi connectivity index (χ1) is 7.75. The van der Waals surface area contributed by atoms with Crippen LogP contribution in [0.3, 0.4) is 0 Å². The molecule has 0 bridgehead atoms. The molecule has 0 saturated heterocycles. The number of hydrogen-bond donors (Lipinski definition) is 2. The standard InChI is InChI=1S/C13H11NO2/c14-13-9-7-8-3-1-2-4-11(8)16-12(9)6-5-10(13)15/h1-6,15H,7,14H2. The third-order valence-corrected chi connectivity index (χ3v) is 2.85. The fourth-order valence-corrected chi connectivity index (χ4v) is 1.97. The van der Waals surface area contributed by atoms with E-state index in [1.807, 2.05) is 24.3 Å². The highest BCUT2D eigenvalue weighted by Gasteiger charge is 2.19. The van der Waals surface area contributed by atoms with Gasteiger partial charge in [-0.1, -0.05) is 18.2 Å². The Morgan fingerprint density at radius 1 is 1.06 bits per heavy atom. The highest BCUT2D eigenvalue weighted by molar-refractivity contribution is 5.66. The number of para-hydroxylation sites is 1. The van der Waals surface area contributed by atoms with Crippen molar-refractivity contribution in [2.24, 2.45) is 0 Å². The van der Waals surface area contributed by atoms with Crippen LogP contribution in [-0.2, 0) is 6.42 Å². The molecule has 2 aromatic rings. The lowest BCUT2D eigenvalue weighted by Crippen LogP contribution is -2.05. The quantitative estimate of drug-likeness (QED) is 0.446. The molecule has 0 spiro atoms. The number of fused-ring (bicyclic) bond motifs is 2. The SMILES string of the molecule is Nc1c(O)ccc2c1Cc1ccccc1O2. The van der Waals surface area contributed by atoms with Gasteiger partial charge in [0.2, 0.25) is 0 Å². The lowest BCUT2D eigenvalue weighted by atomic mass is 9.98. The van der Waals surface area contributed by atoms with Gasteiger partial charge in [0.1, 0.15) is 17.2 Å². The van der Waals surface area contributed by atoms with Crippen molar-refractivity contribution in [3.05, 3.63) is 47.5 Å². The molecule has 1 aliphatic heterocycles. The van der Waals surface area contributed by atoms with E-state index < -0.39 is 0 Å². The van der Waals surface area contributed by atoms with E-state index in [1.54, 1.807) is 12.1 Å². The largest absolute Gasteiger partial charge is 0.506 e. The van der Waals surface area contributed by atoms with Crippen LogP contribution in [0.25, 0.3) is 0 Å². The van der Waals surface area contributed by atoms with Gasteiger partial charge in [0.15, 0.2) is 0 Å². The summed E-state index contributed by atoms with van der Waals surface area (Å²) in [7, 11) is 0. The van der Waals surface area contributed by atoms with Crippen LogP contribution >= 0.6 is 0 Å². The number of anilines is 1. The first kappa shape index (κ1) is 9.09. The molecule has 0 radical (unpaired) electrons. The molecule has 0 aromatic heterocycles. The monoisotopic (exact) mass is 213 g/mol. The summed E-state index contributed by atoms with van der Waals surface area (Å²) in [4.78, 5) is 0. The average molecular weight is 213 g/mol. The third-order valence-electron chi connectivity index (χ3n) is 2.85. The normalized spacial score (nSPS) is 12.5. The molecule has 16 heavy (non-hydrogen) atoms. The topological polar surface area (TPSA) is 55.5 Å². The van der Waals surface area contributed by atoms with Crippen LogP contribution in [0.2, 0.25) is 0 Å². The lowest BCUT2D eigenvalue weighted by Gasteiger charge is -2.21. The van der Waals surface area contributed by atoms with Gasteiger partial charge in [-0.3, -0.25) is 0 Å². The van der Waals surface area contributed by atoms with Gasteiger partial charge in [0, 0.05) is 12.0 Å². The fourth-order valence-electron chi connectivity index (χ4n) is 1.97. The van der Waals surface area contributed by atoms with Gasteiger partial charge in [-0.05, 0) is 23.8 Å². The molecule has 0 saturated carbocycles. The Morgan fingerprint density at radius 3 is 2.75 bits per heavy atom. The van der Waals surface area contributed by atoms with E-state index in [0.29, 0.717) is 12.1 Å². The smallest absolute Gasteiger partial charge is 0.139 e. The van der Waals surface area contributed by atoms with Gasteiger partial charge in [0.05, 0.1) is 5.69 Å². The molecule has 3 nitrogen and oxygen atoms in total. The molecule has 1 heterocycles. The van der Waals surface area contributed by atoms with Crippen molar-refractivity contribution in [3.63, 3.8) is 0 Å². The van der Waals surface area contributed by atoms with E-state index in [0.717, 1.165) is 22.6 Å². The minimum Gasteiger partial charge on any atom is -0.506 e. The Labute approximate surface area is 93.1 Å². The lowest BCUT2D eigenvalue weighted by molar-refractivity contribution is 0.451. The zero-order chi connectivity index (χ0) is 11.1. The van der Waals surface area contributed by atoms with Gasteiger partial charge in [-0.25, -0.2) is 0 Å². The molecule has 0 aliphatic carbocycles. The number of nitrogen functional groups attached to an aromatic ring is 1. The fraction of sp³-hybridized carbons (Fsp3) is 0.0769. The molecule has 80 valence electrons. The summed E-state index contributed by atoms with van der Waals surface area (Å²) in [5, 5.41) is 9.54. The second-order valence-electron chi connectivity index (χ2n) is 3.86. The van der Waals surface area contributed by atoms with Crippen LogP contribution in [0.15, 0.2) is 36.4 Å². The van der Waals surface area contributed by atoms with E-state index >= 15 is 0 Å². The number of aromatic hydroxyl groups is 1. The summed E-state index contributed by atoms with van der Waals surface area (Å²) in [5.74, 6) is 1.70. The number of phenols is 1. The molecule has 0 unspecified atom stereocenters. The first-order valence-corrected chi connectivity index (χ1v) is 5.12. The van der Waals surface area contributed by atoms with Crippen molar-refractivity contribution < 1.29 is 9.84 Å². The summed E-state index contributed by atoms with van der Waals surface area (Å²) >= 11 is 0. The van der Waals surface area contributed by atoms with Crippen molar-refractivity contribution in [2.75, 3.05) is 5.73 Å². The van der Waals surface area contributed by atoms with Crippen molar-refractivity contribution in [1.82, 2.24) is 0 Å². The summed E-state index contributed by atoms with van der Waals surface area (Å²) in [6.45, 7) is 0. The Balaban J connectivity index is 2.16. The summed E-state index contributed by atoms with van der Waals surface area (Å²) in [6, 6.07) is 11.1. The van der Waals surface area contributed by atoms with Gasteiger partial charge >= 0.3 is 0 Å². The molecule has 2 aromatic carbocycles. The summed E-state index contributed by atoms with van der Waals surface area (Å²) in [5.41, 5.74) is 8.19. The second-order valence-corrected chi connectivity index (χ2v) is 3.86. The molecular weight excluding hydrogens is 202 g/mol. The summed E-state index contributed by atoms with van der Waals surface area (Å²) < 4.78 is 5.72. The van der Waals surface area contributed by atoms with Crippen molar-refractivity contribution in [1.29, 1.82) is 0 Å². The predicted molar refractivity (Wildman–Crippen MR) is 61.8 cm³/mol. The minimum atomic E-state index is 0.113. The van der Waals surface area contributed by atoms with E-state index in [-0.39, 0.29) is 5.75 Å². The molecule has 0 atom stereocenters. The van der Waals surface area contributed by atoms with Crippen molar-refractivity contribution in [3.8, 4) is 17.2 Å². The van der Waals surface area contributed by atoms with E-state index in [4.69, 9.17) is 10.5 Å². The molecule has 3 rings (SSSR count). The van der Waals surface area contributed by atoms with Gasteiger partial charge in [-0.15, -0.1) is 0 Å². The maximum absolute atomic E-state index is 9.54. The predicted octanol–water partition coefficient (Wildman–Crippen LogP) is 2.67. The van der Waals surface area contributed by atoms with Crippen LogP contribution in [0.4, 0.5) is 5.69 Å². The molecular formula is C13H11NO2. The number of nitrogens with two attached hydrogens (primary N) is 1. The zero-order valence-corrected chi connectivity index (χ0v) is 8.60. The molecule has 1 aliphatic rings. The Bertz CT molecular complexity index is 564. The second kappa shape index (κ2) is 3.17. The molecule has 3 heteroatoms. The Hall–Kier alpha value is -2.16. The third kappa shape index (κ3) is 1.21. The number of benzene rings is 2. The van der Waals surface area contributed by atoms with Crippen LogP contribution in [0.1, 0.15) is 11.1 Å². The zero-order valence-electron chi connectivity index (χ0n) is 8.60. The molecule has 3 N–H and O–H groups in total. The van der Waals surface area contributed by atoms with E-state index in [9.17, 15) is 5.11 Å². The van der Waals surface area contributed by atoms with Crippen molar-refractivity contribution in [2.45, 2.75) is 6.42 Å². The maximum Gasteiger partial charge on any atom is 0.139 e. The Morgan fingerprint density at radius 2 is 1.88 bits per heavy atom. The van der Waals surface area contributed by atoms with Gasteiger partial charge in [0.25, 0.3) is 0 Å². The minimum absolute atomic E-state index is 0.113. The number of rotatable bonds is 0. The van der Waals surface area contributed by atoms with Crippen LogP contribution < -0.4 is 10.5 Å². The average Bonchev–Trinajstić information content (AvgIpc) is 2.32. The highest BCUT2D eigenvalue weighted by Crippen LogP contribution is 2.41. The van der Waals surface area contributed by atoms with E-state index in [2.05, 4.69) is 0 Å². The highest BCUT2D eigenvalue weighted by atomic mass is 16.5. The van der Waals surface area contributed by atoms with Gasteiger partial charge in [-0.2, -0.15) is 0 Å². The maximum atomic E-state index is 9.54. The van der Waals surface area contributed by atoms with Crippen LogP contribution in [0, 0.1) is 0 Å². The van der Waals surface area contributed by atoms with Crippen molar-refractivity contribution >= 4 is 5.69 Å². The molecule has 0 amide bonds.